The predicted molar refractivity (Wildman–Crippen MR) is 126 cm³/mol. The molecule has 9 heteroatoms. The maximum Gasteiger partial charge on any atom is 0.269 e. The lowest BCUT2D eigenvalue weighted by atomic mass is 10.1. The summed E-state index contributed by atoms with van der Waals surface area (Å²) in [6.07, 6.45) is 2.92. The van der Waals surface area contributed by atoms with E-state index < -0.39 is 0 Å². The normalized spacial score (nSPS) is 11.0. The summed E-state index contributed by atoms with van der Waals surface area (Å²) in [6, 6.07) is 6.78. The van der Waals surface area contributed by atoms with Gasteiger partial charge in [0.1, 0.15) is 0 Å². The van der Waals surface area contributed by atoms with Crippen LogP contribution in [-0.2, 0) is 13.0 Å². The van der Waals surface area contributed by atoms with Crippen molar-refractivity contribution in [2.45, 2.75) is 46.6 Å². The third kappa shape index (κ3) is 8.09. The van der Waals surface area contributed by atoms with Gasteiger partial charge in [-0.1, -0.05) is 12.1 Å². The largest absolute Gasteiger partial charge is 0.357 e. The van der Waals surface area contributed by atoms with Crippen LogP contribution >= 0.6 is 35.3 Å². The highest BCUT2D eigenvalue weighted by atomic mass is 127. The smallest absolute Gasteiger partial charge is 0.269 e. The van der Waals surface area contributed by atoms with E-state index >= 15 is 0 Å². The predicted octanol–water partition coefficient (Wildman–Crippen LogP) is 4.36. The van der Waals surface area contributed by atoms with Crippen LogP contribution < -0.4 is 10.6 Å². The fourth-order valence-electron chi connectivity index (χ4n) is 2.66. The molecule has 154 valence electrons. The first kappa shape index (κ1) is 24.3. The number of nitro groups is 1. The molecule has 2 aromatic rings. The van der Waals surface area contributed by atoms with E-state index in [-0.39, 0.29) is 34.6 Å². The molecule has 0 saturated carbocycles. The first-order chi connectivity index (χ1) is 13.0. The molecule has 0 aliphatic rings. The molecule has 0 amide bonds. The topological polar surface area (TPSA) is 92.5 Å². The minimum Gasteiger partial charge on any atom is -0.357 e. The summed E-state index contributed by atoms with van der Waals surface area (Å²) in [5.74, 6) is 0.818. The highest BCUT2D eigenvalue weighted by molar-refractivity contribution is 14.0. The summed E-state index contributed by atoms with van der Waals surface area (Å²) in [6.45, 7) is 8.37. The molecule has 0 aliphatic heterocycles. The van der Waals surface area contributed by atoms with Gasteiger partial charge in [0.05, 0.1) is 22.2 Å². The van der Waals surface area contributed by atoms with Crippen molar-refractivity contribution in [3.63, 3.8) is 0 Å². The number of benzene rings is 1. The highest BCUT2D eigenvalue weighted by Crippen LogP contribution is 2.17. The molecule has 28 heavy (non-hydrogen) atoms. The minimum atomic E-state index is -0.371. The van der Waals surface area contributed by atoms with Crippen molar-refractivity contribution in [2.75, 3.05) is 13.1 Å². The van der Waals surface area contributed by atoms with Gasteiger partial charge in [-0.15, -0.1) is 35.3 Å². The number of rotatable bonds is 9. The number of aromatic nitrogens is 1. The minimum absolute atomic E-state index is 0. The van der Waals surface area contributed by atoms with Crippen LogP contribution in [0.1, 0.15) is 40.9 Å². The molecular weight excluding hydrogens is 489 g/mol. The molecule has 7 nitrogen and oxygen atoms in total. The van der Waals surface area contributed by atoms with E-state index in [0.717, 1.165) is 54.6 Å². The van der Waals surface area contributed by atoms with Gasteiger partial charge in [0, 0.05) is 30.1 Å². The summed E-state index contributed by atoms with van der Waals surface area (Å²) >= 11 is 1.69. The van der Waals surface area contributed by atoms with Crippen LogP contribution in [0.3, 0.4) is 0 Å². The molecule has 1 aromatic carbocycles. The van der Waals surface area contributed by atoms with Crippen molar-refractivity contribution in [1.82, 2.24) is 15.6 Å². The number of nitrogens with one attached hydrogen (secondary N) is 2. The monoisotopic (exact) mass is 517 g/mol. The Balaban J connectivity index is 0.00000392. The molecule has 1 heterocycles. The van der Waals surface area contributed by atoms with Gasteiger partial charge in [-0.05, 0) is 45.6 Å². The first-order valence-corrected chi connectivity index (χ1v) is 9.99. The molecular formula is C19H28IN5O2S. The molecule has 0 bridgehead atoms. The molecule has 0 spiro atoms. The quantitative estimate of drug-likeness (QED) is 0.129. The number of thiazole rings is 1. The lowest BCUT2D eigenvalue weighted by Crippen LogP contribution is -2.37. The van der Waals surface area contributed by atoms with Crippen molar-refractivity contribution >= 4 is 47.0 Å². The Hall–Kier alpha value is -1.75. The molecule has 0 atom stereocenters. The number of aliphatic imine (C=N–C) groups is 1. The van der Waals surface area contributed by atoms with Gasteiger partial charge in [-0.3, -0.25) is 10.1 Å². The van der Waals surface area contributed by atoms with Gasteiger partial charge in [-0.2, -0.15) is 0 Å². The zero-order chi connectivity index (χ0) is 19.6. The van der Waals surface area contributed by atoms with Crippen LogP contribution in [-0.4, -0.2) is 29.0 Å². The molecule has 1 aromatic heterocycles. The first-order valence-electron chi connectivity index (χ1n) is 9.18. The second kappa shape index (κ2) is 12.7. The molecule has 2 N–H and O–H groups in total. The zero-order valence-electron chi connectivity index (χ0n) is 16.5. The van der Waals surface area contributed by atoms with E-state index in [0.29, 0.717) is 6.54 Å². The van der Waals surface area contributed by atoms with Crippen molar-refractivity contribution < 1.29 is 4.92 Å². The zero-order valence-corrected chi connectivity index (χ0v) is 19.7. The average molecular weight is 517 g/mol. The maximum atomic E-state index is 10.7. The summed E-state index contributed by atoms with van der Waals surface area (Å²) in [7, 11) is 0. The van der Waals surface area contributed by atoms with Crippen molar-refractivity contribution in [3.8, 4) is 0 Å². The van der Waals surface area contributed by atoms with Gasteiger partial charge >= 0.3 is 0 Å². The van der Waals surface area contributed by atoms with Crippen molar-refractivity contribution in [3.05, 3.63) is 55.5 Å². The number of nitro benzene ring substituents is 1. The molecule has 0 unspecified atom stereocenters. The number of guanidine groups is 1. The summed E-state index contributed by atoms with van der Waals surface area (Å²) in [4.78, 5) is 20.6. The Morgan fingerprint density at radius 2 is 1.93 bits per heavy atom. The van der Waals surface area contributed by atoms with Gasteiger partial charge in [0.15, 0.2) is 5.96 Å². The Morgan fingerprint density at radius 3 is 2.50 bits per heavy atom. The standard InChI is InChI=1S/C19H27N5O2S.HI/c1-4-20-19(22-13-18-14(2)23-15(3)27-18)21-12-6-5-7-16-8-10-17(11-9-16)24(25)26;/h8-11H,4-7,12-13H2,1-3H3,(H2,20,21,22);1H. The number of aryl methyl sites for hydroxylation is 3. The second-order valence-corrected chi connectivity index (χ2v) is 7.53. The Kier molecular flexibility index (Phi) is 11.0. The number of hydrogen-bond donors (Lipinski definition) is 2. The molecule has 0 radical (unpaired) electrons. The SMILES string of the molecule is CCNC(=NCc1sc(C)nc1C)NCCCCc1ccc([N+](=O)[O-])cc1.I. The maximum absolute atomic E-state index is 10.7. The van der Waals surface area contributed by atoms with Gasteiger partial charge in [-0.25, -0.2) is 9.98 Å². The Bertz CT molecular complexity index is 777. The van der Waals surface area contributed by atoms with Gasteiger partial charge in [0.25, 0.3) is 5.69 Å². The number of non-ortho nitro benzene ring substituents is 1. The summed E-state index contributed by atoms with van der Waals surface area (Å²) < 4.78 is 0. The molecule has 0 fully saturated rings. The van der Waals surface area contributed by atoms with Crippen LogP contribution in [0.25, 0.3) is 0 Å². The Labute approximate surface area is 187 Å². The van der Waals surface area contributed by atoms with Crippen LogP contribution in [0.15, 0.2) is 29.3 Å². The number of hydrogen-bond acceptors (Lipinski definition) is 5. The number of unbranched alkanes of at least 4 members (excludes halogenated alkanes) is 1. The third-order valence-electron chi connectivity index (χ3n) is 4.06. The van der Waals surface area contributed by atoms with Crippen LogP contribution in [0, 0.1) is 24.0 Å². The van der Waals surface area contributed by atoms with E-state index in [2.05, 4.69) is 20.6 Å². The van der Waals surface area contributed by atoms with E-state index in [1.165, 1.54) is 4.88 Å². The fraction of sp³-hybridized carbons (Fsp3) is 0.474. The number of nitrogens with zero attached hydrogens (tertiary/aromatic N) is 3. The molecule has 0 saturated heterocycles. The second-order valence-electron chi connectivity index (χ2n) is 6.24. The molecule has 0 aliphatic carbocycles. The fourth-order valence-corrected chi connectivity index (χ4v) is 3.52. The average Bonchev–Trinajstić information content (AvgIpc) is 2.97. The van der Waals surface area contributed by atoms with Gasteiger partial charge in [0.2, 0.25) is 0 Å². The van der Waals surface area contributed by atoms with E-state index in [1.54, 1.807) is 23.5 Å². The molecule has 2 rings (SSSR count). The lowest BCUT2D eigenvalue weighted by molar-refractivity contribution is -0.384. The van der Waals surface area contributed by atoms with Gasteiger partial charge < -0.3 is 10.6 Å². The van der Waals surface area contributed by atoms with Crippen LogP contribution in [0.5, 0.6) is 0 Å². The highest BCUT2D eigenvalue weighted by Gasteiger charge is 2.05. The summed E-state index contributed by atoms with van der Waals surface area (Å²) in [5, 5.41) is 18.4. The van der Waals surface area contributed by atoms with E-state index in [1.807, 2.05) is 32.9 Å². The Morgan fingerprint density at radius 1 is 1.21 bits per heavy atom. The van der Waals surface area contributed by atoms with Crippen molar-refractivity contribution in [2.24, 2.45) is 4.99 Å². The van der Waals surface area contributed by atoms with Crippen LogP contribution in [0.4, 0.5) is 5.69 Å². The summed E-state index contributed by atoms with van der Waals surface area (Å²) in [5.41, 5.74) is 2.32. The van der Waals surface area contributed by atoms with Crippen LogP contribution in [0.2, 0.25) is 0 Å². The number of halogens is 1. The third-order valence-corrected chi connectivity index (χ3v) is 5.11. The lowest BCUT2D eigenvalue weighted by Gasteiger charge is -2.11. The van der Waals surface area contributed by atoms with E-state index in [9.17, 15) is 10.1 Å². The van der Waals surface area contributed by atoms with Crippen molar-refractivity contribution in [1.29, 1.82) is 0 Å². The van der Waals surface area contributed by atoms with E-state index in [4.69, 9.17) is 0 Å².